The average Bonchev–Trinajstić information content (AvgIpc) is 3.01. The number of aryl methyl sites for hydroxylation is 1. The highest BCUT2D eigenvalue weighted by Gasteiger charge is 2.25. The zero-order chi connectivity index (χ0) is 13.9. The van der Waals surface area contributed by atoms with E-state index in [9.17, 15) is 4.79 Å². The molecule has 0 saturated carbocycles. The largest absolute Gasteiger partial charge is 0.338 e. The molecule has 1 aliphatic rings. The van der Waals surface area contributed by atoms with Crippen molar-refractivity contribution in [2.45, 2.75) is 25.8 Å². The van der Waals surface area contributed by atoms with Crippen molar-refractivity contribution in [3.63, 3.8) is 0 Å². The second-order valence-electron chi connectivity index (χ2n) is 5.19. The predicted octanol–water partition coefficient (Wildman–Crippen LogP) is 2.06. The minimum Gasteiger partial charge on any atom is -0.338 e. The summed E-state index contributed by atoms with van der Waals surface area (Å²) in [7, 11) is 0. The van der Waals surface area contributed by atoms with Crippen LogP contribution in [0.2, 0.25) is 0 Å². The molecule has 1 aromatic carbocycles. The molecule has 3 rings (SSSR count). The van der Waals surface area contributed by atoms with Crippen LogP contribution in [0.4, 0.5) is 0 Å². The van der Waals surface area contributed by atoms with Crippen molar-refractivity contribution >= 4 is 5.91 Å². The number of rotatable bonds is 2. The molecule has 104 valence electrons. The fourth-order valence-corrected chi connectivity index (χ4v) is 2.70. The molecule has 1 aromatic heterocycles. The molecule has 2 heterocycles. The Morgan fingerprint density at radius 3 is 2.45 bits per heavy atom. The first-order valence-corrected chi connectivity index (χ1v) is 6.96. The SMILES string of the molecule is Cc1ccccc1C(=O)N1CCC(n2nccn2)CC1. The number of hydrogen-bond acceptors (Lipinski definition) is 3. The fraction of sp³-hybridized carbons (Fsp3) is 0.400. The molecule has 0 bridgehead atoms. The number of carbonyl (C=O) groups is 1. The second-order valence-corrected chi connectivity index (χ2v) is 5.19. The summed E-state index contributed by atoms with van der Waals surface area (Å²) in [5.74, 6) is 0.134. The molecule has 0 radical (unpaired) electrons. The van der Waals surface area contributed by atoms with E-state index in [1.807, 2.05) is 36.1 Å². The first kappa shape index (κ1) is 12.8. The van der Waals surface area contributed by atoms with Crippen molar-refractivity contribution < 1.29 is 4.79 Å². The smallest absolute Gasteiger partial charge is 0.254 e. The molecule has 0 spiro atoms. The van der Waals surface area contributed by atoms with Gasteiger partial charge in [-0.25, -0.2) is 0 Å². The van der Waals surface area contributed by atoms with Crippen LogP contribution in [0.15, 0.2) is 36.7 Å². The Balaban J connectivity index is 1.66. The average molecular weight is 270 g/mol. The van der Waals surface area contributed by atoms with E-state index in [4.69, 9.17) is 0 Å². The summed E-state index contributed by atoms with van der Waals surface area (Å²) >= 11 is 0. The van der Waals surface area contributed by atoms with E-state index < -0.39 is 0 Å². The maximum atomic E-state index is 12.5. The van der Waals surface area contributed by atoms with E-state index in [1.165, 1.54) is 0 Å². The van der Waals surface area contributed by atoms with Crippen molar-refractivity contribution in [1.29, 1.82) is 0 Å². The van der Waals surface area contributed by atoms with Crippen LogP contribution in [0.1, 0.15) is 34.8 Å². The molecule has 5 nitrogen and oxygen atoms in total. The Labute approximate surface area is 118 Å². The number of likely N-dealkylation sites (tertiary alicyclic amines) is 1. The van der Waals surface area contributed by atoms with Crippen molar-refractivity contribution in [2.75, 3.05) is 13.1 Å². The van der Waals surface area contributed by atoms with Crippen molar-refractivity contribution in [3.05, 3.63) is 47.8 Å². The van der Waals surface area contributed by atoms with E-state index in [-0.39, 0.29) is 5.91 Å². The Bertz CT molecular complexity index is 586. The molecule has 0 unspecified atom stereocenters. The molecule has 1 saturated heterocycles. The minimum atomic E-state index is 0.134. The van der Waals surface area contributed by atoms with Gasteiger partial charge in [-0.15, -0.1) is 0 Å². The lowest BCUT2D eigenvalue weighted by atomic mass is 10.0. The predicted molar refractivity (Wildman–Crippen MR) is 75.4 cm³/mol. The fourth-order valence-electron chi connectivity index (χ4n) is 2.70. The molecule has 5 heteroatoms. The summed E-state index contributed by atoms with van der Waals surface area (Å²) < 4.78 is 0. The van der Waals surface area contributed by atoms with Gasteiger partial charge in [0.2, 0.25) is 0 Å². The monoisotopic (exact) mass is 270 g/mol. The van der Waals surface area contributed by atoms with Gasteiger partial charge in [-0.3, -0.25) is 4.79 Å². The van der Waals surface area contributed by atoms with Crippen LogP contribution in [0.3, 0.4) is 0 Å². The van der Waals surface area contributed by atoms with Crippen LogP contribution in [-0.2, 0) is 0 Å². The zero-order valence-corrected chi connectivity index (χ0v) is 11.6. The Kier molecular flexibility index (Phi) is 3.50. The molecule has 0 atom stereocenters. The Hall–Kier alpha value is -2.17. The van der Waals surface area contributed by atoms with Gasteiger partial charge in [-0.2, -0.15) is 15.0 Å². The van der Waals surface area contributed by atoms with Gasteiger partial charge in [0.1, 0.15) is 0 Å². The number of amides is 1. The van der Waals surface area contributed by atoms with Crippen LogP contribution in [0, 0.1) is 6.92 Å². The van der Waals surface area contributed by atoms with E-state index >= 15 is 0 Å². The second kappa shape index (κ2) is 5.45. The molecule has 0 aliphatic carbocycles. The topological polar surface area (TPSA) is 51.0 Å². The summed E-state index contributed by atoms with van der Waals surface area (Å²) in [6, 6.07) is 8.07. The number of hydrogen-bond donors (Lipinski definition) is 0. The van der Waals surface area contributed by atoms with Gasteiger partial charge >= 0.3 is 0 Å². The first-order valence-electron chi connectivity index (χ1n) is 6.96. The number of piperidine rings is 1. The molecular formula is C15H18N4O. The number of nitrogens with zero attached hydrogens (tertiary/aromatic N) is 4. The third-order valence-corrected chi connectivity index (χ3v) is 3.89. The molecule has 1 aliphatic heterocycles. The maximum Gasteiger partial charge on any atom is 0.254 e. The third-order valence-electron chi connectivity index (χ3n) is 3.89. The number of carbonyl (C=O) groups excluding carboxylic acids is 1. The van der Waals surface area contributed by atoms with E-state index in [0.717, 1.165) is 37.1 Å². The molecule has 1 fully saturated rings. The van der Waals surface area contributed by atoms with Crippen LogP contribution < -0.4 is 0 Å². The maximum absolute atomic E-state index is 12.5. The quantitative estimate of drug-likeness (QED) is 0.839. The van der Waals surface area contributed by atoms with Crippen molar-refractivity contribution in [1.82, 2.24) is 19.9 Å². The number of benzene rings is 1. The van der Waals surface area contributed by atoms with E-state index in [0.29, 0.717) is 6.04 Å². The summed E-state index contributed by atoms with van der Waals surface area (Å²) in [6.45, 7) is 3.51. The van der Waals surface area contributed by atoms with Gasteiger partial charge in [-0.1, -0.05) is 18.2 Å². The molecular weight excluding hydrogens is 252 g/mol. The summed E-state index contributed by atoms with van der Waals surface area (Å²) in [6.07, 6.45) is 5.22. The lowest BCUT2D eigenvalue weighted by Crippen LogP contribution is -2.39. The van der Waals surface area contributed by atoms with Crippen molar-refractivity contribution in [3.8, 4) is 0 Å². The van der Waals surface area contributed by atoms with Crippen LogP contribution in [0.25, 0.3) is 0 Å². The minimum absolute atomic E-state index is 0.134. The highest BCUT2D eigenvalue weighted by atomic mass is 16.2. The molecule has 2 aromatic rings. The molecule has 20 heavy (non-hydrogen) atoms. The summed E-state index contributed by atoms with van der Waals surface area (Å²) in [4.78, 5) is 16.2. The summed E-state index contributed by atoms with van der Waals surface area (Å²) in [5.41, 5.74) is 1.84. The van der Waals surface area contributed by atoms with Crippen LogP contribution >= 0.6 is 0 Å². The Morgan fingerprint density at radius 1 is 1.15 bits per heavy atom. The zero-order valence-electron chi connectivity index (χ0n) is 11.6. The highest BCUT2D eigenvalue weighted by molar-refractivity contribution is 5.95. The third kappa shape index (κ3) is 2.43. The lowest BCUT2D eigenvalue weighted by Gasteiger charge is -2.31. The van der Waals surface area contributed by atoms with Crippen LogP contribution in [-0.4, -0.2) is 38.9 Å². The Morgan fingerprint density at radius 2 is 1.80 bits per heavy atom. The van der Waals surface area contributed by atoms with Gasteiger partial charge in [0, 0.05) is 18.7 Å². The van der Waals surface area contributed by atoms with Gasteiger partial charge in [0.15, 0.2) is 0 Å². The summed E-state index contributed by atoms with van der Waals surface area (Å²) in [5, 5.41) is 8.37. The van der Waals surface area contributed by atoms with E-state index in [1.54, 1.807) is 17.2 Å². The molecule has 1 amide bonds. The van der Waals surface area contributed by atoms with Crippen molar-refractivity contribution in [2.24, 2.45) is 0 Å². The highest BCUT2D eigenvalue weighted by Crippen LogP contribution is 2.22. The van der Waals surface area contributed by atoms with E-state index in [2.05, 4.69) is 10.2 Å². The standard InChI is InChI=1S/C15H18N4O/c1-12-4-2-3-5-14(12)15(20)18-10-6-13(7-11-18)19-16-8-9-17-19/h2-5,8-9,13H,6-7,10-11H2,1H3. The lowest BCUT2D eigenvalue weighted by molar-refractivity contribution is 0.0683. The normalized spacial score (nSPS) is 16.4. The van der Waals surface area contributed by atoms with Gasteiger partial charge in [0.25, 0.3) is 5.91 Å². The molecule has 0 N–H and O–H groups in total. The van der Waals surface area contributed by atoms with Gasteiger partial charge in [-0.05, 0) is 31.4 Å². The first-order chi connectivity index (χ1) is 9.75. The number of aromatic nitrogens is 3. The van der Waals surface area contributed by atoms with Crippen LogP contribution in [0.5, 0.6) is 0 Å². The van der Waals surface area contributed by atoms with Gasteiger partial charge in [0.05, 0.1) is 18.4 Å². The van der Waals surface area contributed by atoms with Gasteiger partial charge < -0.3 is 4.90 Å².